The maximum atomic E-state index is 11.9. The molecule has 0 atom stereocenters. The highest BCUT2D eigenvalue weighted by molar-refractivity contribution is 6.35. The van der Waals surface area contributed by atoms with Gasteiger partial charge in [0.05, 0.1) is 20.5 Å². The van der Waals surface area contributed by atoms with Crippen molar-refractivity contribution in [2.75, 3.05) is 13.2 Å². The summed E-state index contributed by atoms with van der Waals surface area (Å²) in [5.74, 6) is -0.300. The standard InChI is InChI=1S/C15H10Cl3NO5/c16-9-1-4-14(13(18)7-9)23-5-6-24-15(20)11-3-2-10(19(21)22)8-12(11)17/h1-4,7-8H,5-6H2. The van der Waals surface area contributed by atoms with Gasteiger partial charge in [-0.3, -0.25) is 10.1 Å². The molecule has 0 amide bonds. The molecule has 6 nitrogen and oxygen atoms in total. The molecule has 9 heteroatoms. The highest BCUT2D eigenvalue weighted by Crippen LogP contribution is 2.27. The van der Waals surface area contributed by atoms with Gasteiger partial charge in [0.1, 0.15) is 19.0 Å². The Morgan fingerprint density at radius 2 is 1.79 bits per heavy atom. The first-order valence-electron chi connectivity index (χ1n) is 6.57. The fourth-order valence-electron chi connectivity index (χ4n) is 1.74. The molecule has 0 saturated carbocycles. The van der Waals surface area contributed by atoms with Gasteiger partial charge in [-0.15, -0.1) is 0 Å². The van der Waals surface area contributed by atoms with Crippen LogP contribution in [0.4, 0.5) is 5.69 Å². The molecule has 0 radical (unpaired) electrons. The van der Waals surface area contributed by atoms with Gasteiger partial charge in [0.25, 0.3) is 5.69 Å². The Bertz CT molecular complexity index is 782. The van der Waals surface area contributed by atoms with Gasteiger partial charge in [-0.25, -0.2) is 4.79 Å². The topological polar surface area (TPSA) is 78.7 Å². The number of carbonyl (C=O) groups excluding carboxylic acids is 1. The van der Waals surface area contributed by atoms with Crippen molar-refractivity contribution in [1.29, 1.82) is 0 Å². The highest BCUT2D eigenvalue weighted by atomic mass is 35.5. The van der Waals surface area contributed by atoms with E-state index in [2.05, 4.69) is 0 Å². The molecule has 0 bridgehead atoms. The molecule has 0 unspecified atom stereocenters. The summed E-state index contributed by atoms with van der Waals surface area (Å²) in [5.41, 5.74) is -0.177. The van der Waals surface area contributed by atoms with Crippen molar-refractivity contribution in [3.05, 3.63) is 67.1 Å². The van der Waals surface area contributed by atoms with E-state index in [1.54, 1.807) is 12.1 Å². The maximum Gasteiger partial charge on any atom is 0.339 e. The molecule has 0 aliphatic heterocycles. The second kappa shape index (κ2) is 8.19. The van der Waals surface area contributed by atoms with Crippen molar-refractivity contribution in [2.24, 2.45) is 0 Å². The van der Waals surface area contributed by atoms with E-state index in [1.165, 1.54) is 18.2 Å². The van der Waals surface area contributed by atoms with Crippen LogP contribution in [-0.2, 0) is 4.74 Å². The van der Waals surface area contributed by atoms with Gasteiger partial charge >= 0.3 is 5.97 Å². The number of nitro benzene ring substituents is 1. The van der Waals surface area contributed by atoms with E-state index in [0.717, 1.165) is 6.07 Å². The Hall–Kier alpha value is -2.02. The van der Waals surface area contributed by atoms with Crippen LogP contribution in [0.2, 0.25) is 15.1 Å². The third-order valence-electron chi connectivity index (χ3n) is 2.85. The van der Waals surface area contributed by atoms with E-state index in [9.17, 15) is 14.9 Å². The smallest absolute Gasteiger partial charge is 0.339 e. The number of carbonyl (C=O) groups is 1. The molecule has 0 aromatic heterocycles. The molecule has 2 rings (SSSR count). The van der Waals surface area contributed by atoms with Crippen LogP contribution < -0.4 is 4.74 Å². The summed E-state index contributed by atoms with van der Waals surface area (Å²) in [7, 11) is 0. The Morgan fingerprint density at radius 1 is 1.04 bits per heavy atom. The van der Waals surface area contributed by atoms with E-state index in [-0.39, 0.29) is 29.5 Å². The Labute approximate surface area is 152 Å². The molecule has 0 heterocycles. The van der Waals surface area contributed by atoms with E-state index < -0.39 is 10.9 Å². The van der Waals surface area contributed by atoms with Gasteiger partial charge in [0.15, 0.2) is 0 Å². The Kier molecular flexibility index (Phi) is 6.25. The van der Waals surface area contributed by atoms with E-state index in [1.807, 2.05) is 0 Å². The summed E-state index contributed by atoms with van der Waals surface area (Å²) in [6, 6.07) is 8.24. The minimum Gasteiger partial charge on any atom is -0.488 e. The lowest BCUT2D eigenvalue weighted by atomic mass is 10.2. The minimum absolute atomic E-state index is 0.0341. The Morgan fingerprint density at radius 3 is 2.42 bits per heavy atom. The van der Waals surface area contributed by atoms with Gasteiger partial charge in [0, 0.05) is 17.2 Å². The maximum absolute atomic E-state index is 11.9. The normalized spacial score (nSPS) is 10.3. The third kappa shape index (κ3) is 4.74. The molecule has 2 aromatic rings. The van der Waals surface area contributed by atoms with Crippen LogP contribution in [0.3, 0.4) is 0 Å². The zero-order chi connectivity index (χ0) is 17.7. The summed E-state index contributed by atoms with van der Waals surface area (Å²) >= 11 is 17.6. The quantitative estimate of drug-likeness (QED) is 0.307. The molecule has 24 heavy (non-hydrogen) atoms. The molecule has 0 aliphatic rings. The number of non-ortho nitro benzene ring substituents is 1. The number of hydrogen-bond acceptors (Lipinski definition) is 5. The van der Waals surface area contributed by atoms with Crippen LogP contribution >= 0.6 is 34.8 Å². The zero-order valence-electron chi connectivity index (χ0n) is 12.0. The zero-order valence-corrected chi connectivity index (χ0v) is 14.3. The summed E-state index contributed by atoms with van der Waals surface area (Å²) < 4.78 is 10.4. The fraction of sp³-hybridized carbons (Fsp3) is 0.133. The van der Waals surface area contributed by atoms with Crippen LogP contribution in [-0.4, -0.2) is 24.1 Å². The first-order valence-corrected chi connectivity index (χ1v) is 7.71. The summed E-state index contributed by atoms with van der Waals surface area (Å²) in [5, 5.41) is 11.4. The number of ether oxygens (including phenoxy) is 2. The average Bonchev–Trinajstić information content (AvgIpc) is 2.52. The van der Waals surface area contributed by atoms with Gasteiger partial charge < -0.3 is 9.47 Å². The second-order valence-corrected chi connectivity index (χ2v) is 5.73. The number of nitrogens with zero attached hydrogens (tertiary/aromatic N) is 1. The third-order valence-corrected chi connectivity index (χ3v) is 3.69. The fourth-order valence-corrected chi connectivity index (χ4v) is 2.45. The van der Waals surface area contributed by atoms with Crippen LogP contribution in [0.25, 0.3) is 0 Å². The molecule has 0 aliphatic carbocycles. The monoisotopic (exact) mass is 389 g/mol. The summed E-state index contributed by atoms with van der Waals surface area (Å²) in [6.45, 7) is 0.0167. The van der Waals surface area contributed by atoms with Gasteiger partial charge in [-0.05, 0) is 24.3 Å². The predicted molar refractivity (Wildman–Crippen MR) is 90.3 cm³/mol. The Balaban J connectivity index is 1.88. The predicted octanol–water partition coefficient (Wildman–Crippen LogP) is 4.79. The molecule has 0 N–H and O–H groups in total. The first-order chi connectivity index (χ1) is 11.4. The molecule has 0 fully saturated rings. The van der Waals surface area contributed by atoms with Crippen LogP contribution in [0.15, 0.2) is 36.4 Å². The molecule has 0 saturated heterocycles. The van der Waals surface area contributed by atoms with Crippen molar-refractivity contribution >= 4 is 46.5 Å². The van der Waals surface area contributed by atoms with Gasteiger partial charge in [-0.2, -0.15) is 0 Å². The van der Waals surface area contributed by atoms with Crippen molar-refractivity contribution < 1.29 is 19.2 Å². The van der Waals surface area contributed by atoms with Crippen LogP contribution in [0, 0.1) is 10.1 Å². The van der Waals surface area contributed by atoms with E-state index in [4.69, 9.17) is 44.3 Å². The highest BCUT2D eigenvalue weighted by Gasteiger charge is 2.16. The van der Waals surface area contributed by atoms with Gasteiger partial charge in [-0.1, -0.05) is 34.8 Å². The number of esters is 1. The van der Waals surface area contributed by atoms with Crippen molar-refractivity contribution in [3.63, 3.8) is 0 Å². The molecule has 0 spiro atoms. The number of nitro groups is 1. The summed E-state index contributed by atoms with van der Waals surface area (Å²) in [4.78, 5) is 21.9. The largest absolute Gasteiger partial charge is 0.488 e. The first kappa shape index (κ1) is 18.3. The molecule has 126 valence electrons. The van der Waals surface area contributed by atoms with Gasteiger partial charge in [0.2, 0.25) is 0 Å². The van der Waals surface area contributed by atoms with E-state index in [0.29, 0.717) is 15.8 Å². The second-order valence-electron chi connectivity index (χ2n) is 4.48. The lowest BCUT2D eigenvalue weighted by molar-refractivity contribution is -0.384. The average molecular weight is 391 g/mol. The molecular weight excluding hydrogens is 381 g/mol. The van der Waals surface area contributed by atoms with Crippen LogP contribution in [0.5, 0.6) is 5.75 Å². The van der Waals surface area contributed by atoms with Crippen molar-refractivity contribution in [1.82, 2.24) is 0 Å². The molecule has 2 aromatic carbocycles. The van der Waals surface area contributed by atoms with E-state index >= 15 is 0 Å². The number of benzene rings is 2. The number of halogens is 3. The number of rotatable bonds is 6. The minimum atomic E-state index is -0.708. The lowest BCUT2D eigenvalue weighted by Crippen LogP contribution is -2.13. The van der Waals surface area contributed by atoms with Crippen molar-refractivity contribution in [2.45, 2.75) is 0 Å². The number of hydrogen-bond donors (Lipinski definition) is 0. The van der Waals surface area contributed by atoms with Crippen LogP contribution in [0.1, 0.15) is 10.4 Å². The SMILES string of the molecule is O=C(OCCOc1ccc(Cl)cc1Cl)c1ccc([N+](=O)[O-])cc1Cl. The van der Waals surface area contributed by atoms with Crippen molar-refractivity contribution in [3.8, 4) is 5.75 Å². The summed E-state index contributed by atoms with van der Waals surface area (Å²) in [6.07, 6.45) is 0. The molecular formula is C15H10Cl3NO5. The lowest BCUT2D eigenvalue weighted by Gasteiger charge is -2.09.